The van der Waals surface area contributed by atoms with Crippen molar-refractivity contribution >= 4 is 36.5 Å². The highest BCUT2D eigenvalue weighted by atomic mass is 32.2. The first-order valence-corrected chi connectivity index (χ1v) is 8.65. The fraction of sp³-hybridized carbons (Fsp3) is 0.444. The van der Waals surface area contributed by atoms with E-state index in [0.29, 0.717) is 23.7 Å². The van der Waals surface area contributed by atoms with E-state index in [-0.39, 0.29) is 23.2 Å². The minimum absolute atomic E-state index is 0.0263. The molecule has 0 radical (unpaired) electrons. The molecule has 2 heterocycles. The molecule has 2 rings (SSSR count). The molecule has 11 heteroatoms. The van der Waals surface area contributed by atoms with Crippen LogP contribution in [-0.2, 0) is 11.1 Å². The molecular formula is C9H14N5O4PS. The van der Waals surface area contributed by atoms with Gasteiger partial charge in [0.2, 0.25) is 5.95 Å². The van der Waals surface area contributed by atoms with Gasteiger partial charge in [0.05, 0.1) is 12.5 Å². The van der Waals surface area contributed by atoms with Crippen molar-refractivity contribution < 1.29 is 14.4 Å². The fourth-order valence-electron chi connectivity index (χ4n) is 1.58. The number of nitrogens with one attached hydrogen (secondary N) is 1. The van der Waals surface area contributed by atoms with E-state index >= 15 is 0 Å². The van der Waals surface area contributed by atoms with Gasteiger partial charge in [-0.25, -0.2) is 4.98 Å². The number of H-pyrrole nitrogens is 1. The maximum absolute atomic E-state index is 11.6. The lowest BCUT2D eigenvalue weighted by Crippen LogP contribution is -2.12. The summed E-state index contributed by atoms with van der Waals surface area (Å²) in [5.41, 5.74) is 5.72. The summed E-state index contributed by atoms with van der Waals surface area (Å²) < 4.78 is 12.4. The van der Waals surface area contributed by atoms with Gasteiger partial charge in [0.25, 0.3) is 5.56 Å². The first-order valence-electron chi connectivity index (χ1n) is 5.70. The molecule has 0 saturated carbocycles. The first-order chi connectivity index (χ1) is 9.37. The summed E-state index contributed by atoms with van der Waals surface area (Å²) in [4.78, 5) is 39.4. The predicted molar refractivity (Wildman–Crippen MR) is 76.8 cm³/mol. The van der Waals surface area contributed by atoms with E-state index in [1.54, 1.807) is 4.57 Å². The lowest BCUT2D eigenvalue weighted by atomic mass is 10.5. The second kappa shape index (κ2) is 5.96. The quantitative estimate of drug-likeness (QED) is 0.416. The maximum Gasteiger partial charge on any atom is 0.326 e. The Labute approximate surface area is 117 Å². The molecule has 5 N–H and O–H groups in total. The molecular weight excluding hydrogens is 305 g/mol. The molecule has 110 valence electrons. The first kappa shape index (κ1) is 15.0. The van der Waals surface area contributed by atoms with Crippen LogP contribution in [0.15, 0.2) is 11.1 Å². The lowest BCUT2D eigenvalue weighted by molar-refractivity contribution is 0.375. The summed E-state index contributed by atoms with van der Waals surface area (Å²) in [6.45, 7) is 0.526. The monoisotopic (exact) mass is 319 g/mol. The molecule has 2 aromatic rings. The van der Waals surface area contributed by atoms with Crippen LogP contribution in [0.25, 0.3) is 11.2 Å². The highest BCUT2D eigenvalue weighted by molar-refractivity contribution is 7.99. The number of rotatable bonds is 6. The summed E-state index contributed by atoms with van der Waals surface area (Å²) >= 11 is 1.41. The normalized spacial score (nSPS) is 12.1. The standard InChI is InChI=1S/C9H14N5O4PS/c10-9-12-7-6(8(15)13-9)11-5-14(7)1-3-20-4-2-19(16,17)18/h5H,1-4H2,(H2,16,17,18)(H3,10,12,13,15). The van der Waals surface area contributed by atoms with Crippen LogP contribution >= 0.6 is 19.4 Å². The van der Waals surface area contributed by atoms with Crippen LogP contribution in [0.2, 0.25) is 0 Å². The van der Waals surface area contributed by atoms with Crippen LogP contribution in [0.3, 0.4) is 0 Å². The van der Waals surface area contributed by atoms with Gasteiger partial charge in [-0.15, -0.1) is 0 Å². The second-order valence-electron chi connectivity index (χ2n) is 4.06. The molecule has 0 atom stereocenters. The highest BCUT2D eigenvalue weighted by Crippen LogP contribution is 2.34. The number of nitrogens with two attached hydrogens (primary N) is 1. The Morgan fingerprint density at radius 1 is 1.45 bits per heavy atom. The molecule has 0 amide bonds. The van der Waals surface area contributed by atoms with Gasteiger partial charge in [-0.2, -0.15) is 16.7 Å². The minimum Gasteiger partial charge on any atom is -0.369 e. The third kappa shape index (κ3) is 3.83. The molecule has 0 spiro atoms. The van der Waals surface area contributed by atoms with Crippen molar-refractivity contribution in [1.29, 1.82) is 0 Å². The zero-order valence-corrected chi connectivity index (χ0v) is 12.1. The average Bonchev–Trinajstić information content (AvgIpc) is 2.70. The predicted octanol–water partition coefficient (Wildman–Crippen LogP) is -0.387. The SMILES string of the molecule is Nc1nc2c(ncn2CCSCCP(=O)(O)O)c(=O)[nH]1. The number of anilines is 1. The fourth-order valence-corrected chi connectivity index (χ4v) is 3.58. The maximum atomic E-state index is 11.6. The van der Waals surface area contributed by atoms with Crippen molar-refractivity contribution in [2.24, 2.45) is 0 Å². The Morgan fingerprint density at radius 3 is 2.90 bits per heavy atom. The van der Waals surface area contributed by atoms with E-state index in [9.17, 15) is 9.36 Å². The molecule has 0 saturated heterocycles. The van der Waals surface area contributed by atoms with Gasteiger partial charge in [-0.1, -0.05) is 0 Å². The largest absolute Gasteiger partial charge is 0.369 e. The number of nitrogen functional groups attached to an aromatic ring is 1. The van der Waals surface area contributed by atoms with Crippen molar-refractivity contribution in [3.63, 3.8) is 0 Å². The Hall–Kier alpha value is -1.35. The molecule has 0 aliphatic carbocycles. The van der Waals surface area contributed by atoms with Gasteiger partial charge < -0.3 is 20.1 Å². The summed E-state index contributed by atoms with van der Waals surface area (Å²) in [6.07, 6.45) is 1.35. The number of aryl methyl sites for hydroxylation is 1. The van der Waals surface area contributed by atoms with E-state index in [1.807, 2.05) is 0 Å². The molecule has 9 nitrogen and oxygen atoms in total. The van der Waals surface area contributed by atoms with E-state index in [1.165, 1.54) is 18.1 Å². The van der Waals surface area contributed by atoms with E-state index in [2.05, 4.69) is 15.0 Å². The van der Waals surface area contributed by atoms with Crippen LogP contribution < -0.4 is 11.3 Å². The van der Waals surface area contributed by atoms with Crippen LogP contribution in [0.1, 0.15) is 0 Å². The van der Waals surface area contributed by atoms with Crippen LogP contribution in [0.4, 0.5) is 5.95 Å². The zero-order valence-electron chi connectivity index (χ0n) is 10.4. The number of fused-ring (bicyclic) bond motifs is 1. The van der Waals surface area contributed by atoms with Gasteiger partial charge in [0, 0.05) is 18.1 Å². The molecule has 20 heavy (non-hydrogen) atoms. The number of thioether (sulfide) groups is 1. The molecule has 0 aliphatic rings. The van der Waals surface area contributed by atoms with Gasteiger partial charge in [0.1, 0.15) is 0 Å². The highest BCUT2D eigenvalue weighted by Gasteiger charge is 2.12. The van der Waals surface area contributed by atoms with Crippen LogP contribution in [0.5, 0.6) is 0 Å². The van der Waals surface area contributed by atoms with Crippen molar-refractivity contribution in [3.05, 3.63) is 16.7 Å². The van der Waals surface area contributed by atoms with Crippen molar-refractivity contribution in [2.75, 3.05) is 23.4 Å². The Balaban J connectivity index is 1.97. The number of aromatic amines is 1. The Morgan fingerprint density at radius 2 is 2.20 bits per heavy atom. The third-order valence-corrected chi connectivity index (χ3v) is 4.57. The Kier molecular flexibility index (Phi) is 4.48. The van der Waals surface area contributed by atoms with Crippen LogP contribution in [0, 0.1) is 0 Å². The molecule has 0 aliphatic heterocycles. The summed E-state index contributed by atoms with van der Waals surface area (Å²) in [6, 6.07) is 0. The molecule has 0 bridgehead atoms. The van der Waals surface area contributed by atoms with E-state index in [4.69, 9.17) is 15.5 Å². The average molecular weight is 319 g/mol. The van der Waals surface area contributed by atoms with Gasteiger partial charge in [-0.05, 0) is 0 Å². The molecule has 0 unspecified atom stereocenters. The van der Waals surface area contributed by atoms with Crippen molar-refractivity contribution in [2.45, 2.75) is 6.54 Å². The molecule has 0 aromatic carbocycles. The summed E-state index contributed by atoms with van der Waals surface area (Å²) in [7, 11) is -3.93. The van der Waals surface area contributed by atoms with E-state index in [0.717, 1.165) is 0 Å². The van der Waals surface area contributed by atoms with Crippen molar-refractivity contribution in [1.82, 2.24) is 19.5 Å². The van der Waals surface area contributed by atoms with Gasteiger partial charge in [-0.3, -0.25) is 14.3 Å². The lowest BCUT2D eigenvalue weighted by Gasteiger charge is -2.05. The number of hydrogen-bond acceptors (Lipinski definition) is 6. The van der Waals surface area contributed by atoms with Crippen LogP contribution in [-0.4, -0.2) is 47.0 Å². The van der Waals surface area contributed by atoms with Gasteiger partial charge >= 0.3 is 7.60 Å². The topological polar surface area (TPSA) is 147 Å². The number of imidazole rings is 1. The number of hydrogen-bond donors (Lipinski definition) is 4. The van der Waals surface area contributed by atoms with E-state index < -0.39 is 7.60 Å². The summed E-state index contributed by atoms with van der Waals surface area (Å²) in [5, 5.41) is 0. The molecule has 2 aromatic heterocycles. The summed E-state index contributed by atoms with van der Waals surface area (Å²) in [5.74, 6) is 1.02. The number of aromatic nitrogens is 4. The minimum atomic E-state index is -3.93. The number of nitrogens with zero attached hydrogens (tertiary/aromatic N) is 3. The molecule has 0 fully saturated rings. The van der Waals surface area contributed by atoms with Crippen molar-refractivity contribution in [3.8, 4) is 0 Å². The third-order valence-electron chi connectivity index (χ3n) is 2.50. The Bertz CT molecular complexity index is 708. The smallest absolute Gasteiger partial charge is 0.326 e. The van der Waals surface area contributed by atoms with Gasteiger partial charge in [0.15, 0.2) is 11.2 Å². The zero-order chi connectivity index (χ0) is 14.8. The second-order valence-corrected chi connectivity index (χ2v) is 7.06.